The Morgan fingerprint density at radius 3 is 2.59 bits per heavy atom. The van der Waals surface area contributed by atoms with E-state index in [1.54, 1.807) is 29.1 Å². The highest BCUT2D eigenvalue weighted by molar-refractivity contribution is 6.42. The molecule has 0 unspecified atom stereocenters. The first-order valence-corrected chi connectivity index (χ1v) is 10.4. The van der Waals surface area contributed by atoms with Crippen LogP contribution < -0.4 is 5.32 Å². The van der Waals surface area contributed by atoms with Gasteiger partial charge in [0.2, 0.25) is 0 Å². The van der Waals surface area contributed by atoms with E-state index in [0.717, 1.165) is 24.4 Å². The van der Waals surface area contributed by atoms with Gasteiger partial charge in [0.05, 0.1) is 23.1 Å². The van der Waals surface area contributed by atoms with Crippen LogP contribution in [0.5, 0.6) is 0 Å². The molecule has 1 saturated heterocycles. The van der Waals surface area contributed by atoms with Crippen molar-refractivity contribution < 1.29 is 9.21 Å². The predicted molar refractivity (Wildman–Crippen MR) is 114 cm³/mol. The summed E-state index contributed by atoms with van der Waals surface area (Å²) < 4.78 is 7.31. The molecule has 1 aromatic carbocycles. The van der Waals surface area contributed by atoms with Crippen molar-refractivity contribution in [2.24, 2.45) is 0 Å². The Bertz CT molecular complexity index is 1020. The average Bonchev–Trinajstić information content (AvgIpc) is 3.42. The SMILES string of the molecule is O=C(Nc1nn(Cc2ccc(Cl)c(Cl)c2)cc1Cl)c1ccc(CN2CCCC2)o1. The Hall–Kier alpha value is -1.99. The maximum absolute atomic E-state index is 12.5. The van der Waals surface area contributed by atoms with Crippen LogP contribution in [-0.4, -0.2) is 33.7 Å². The second-order valence-electron chi connectivity index (χ2n) is 6.98. The Kier molecular flexibility index (Phi) is 6.15. The second-order valence-corrected chi connectivity index (χ2v) is 8.20. The first kappa shape index (κ1) is 20.3. The number of hydrogen-bond acceptors (Lipinski definition) is 4. The summed E-state index contributed by atoms with van der Waals surface area (Å²) in [6.45, 7) is 3.28. The molecule has 0 radical (unpaired) electrons. The number of likely N-dealkylation sites (tertiary alicyclic amines) is 1. The first-order valence-electron chi connectivity index (χ1n) is 9.27. The minimum atomic E-state index is -0.389. The van der Waals surface area contributed by atoms with Crippen LogP contribution in [0.1, 0.15) is 34.7 Å². The van der Waals surface area contributed by atoms with Crippen molar-refractivity contribution in [3.63, 3.8) is 0 Å². The summed E-state index contributed by atoms with van der Waals surface area (Å²) in [6.07, 6.45) is 4.05. The van der Waals surface area contributed by atoms with Gasteiger partial charge in [-0.1, -0.05) is 40.9 Å². The quantitative estimate of drug-likeness (QED) is 0.548. The third-order valence-corrected chi connectivity index (χ3v) is 5.76. The van der Waals surface area contributed by atoms with E-state index in [1.807, 2.05) is 12.1 Å². The van der Waals surface area contributed by atoms with Gasteiger partial charge in [-0.2, -0.15) is 5.10 Å². The average molecular weight is 454 g/mol. The normalized spacial score (nSPS) is 14.4. The van der Waals surface area contributed by atoms with Gasteiger partial charge in [0, 0.05) is 6.20 Å². The molecule has 29 heavy (non-hydrogen) atoms. The van der Waals surface area contributed by atoms with Crippen molar-refractivity contribution in [1.29, 1.82) is 0 Å². The molecule has 0 aliphatic carbocycles. The lowest BCUT2D eigenvalue weighted by Crippen LogP contribution is -2.18. The van der Waals surface area contributed by atoms with E-state index in [-0.39, 0.29) is 17.5 Å². The van der Waals surface area contributed by atoms with E-state index in [4.69, 9.17) is 39.2 Å². The summed E-state index contributed by atoms with van der Waals surface area (Å²) in [5, 5.41) is 8.34. The molecule has 0 bridgehead atoms. The Balaban J connectivity index is 1.40. The summed E-state index contributed by atoms with van der Waals surface area (Å²) in [5.74, 6) is 0.885. The summed E-state index contributed by atoms with van der Waals surface area (Å²) in [4.78, 5) is 14.8. The molecule has 0 saturated carbocycles. The Labute approximate surface area is 183 Å². The summed E-state index contributed by atoms with van der Waals surface area (Å²) >= 11 is 18.2. The molecular formula is C20H19Cl3N4O2. The zero-order valence-electron chi connectivity index (χ0n) is 15.5. The largest absolute Gasteiger partial charge is 0.455 e. The minimum absolute atomic E-state index is 0.231. The molecular weight excluding hydrogens is 435 g/mol. The number of furan rings is 1. The zero-order chi connectivity index (χ0) is 20.4. The van der Waals surface area contributed by atoms with Crippen molar-refractivity contribution in [3.05, 3.63) is 68.7 Å². The fraction of sp³-hybridized carbons (Fsp3) is 0.300. The van der Waals surface area contributed by atoms with Gasteiger partial charge < -0.3 is 9.73 Å². The van der Waals surface area contributed by atoms with Gasteiger partial charge in [-0.15, -0.1) is 0 Å². The zero-order valence-corrected chi connectivity index (χ0v) is 17.8. The molecule has 3 aromatic rings. The molecule has 6 nitrogen and oxygen atoms in total. The van der Waals surface area contributed by atoms with Gasteiger partial charge in [-0.25, -0.2) is 0 Å². The monoisotopic (exact) mass is 452 g/mol. The van der Waals surface area contributed by atoms with Crippen molar-refractivity contribution in [2.45, 2.75) is 25.9 Å². The molecule has 1 N–H and O–H groups in total. The number of benzene rings is 1. The van der Waals surface area contributed by atoms with Gasteiger partial charge in [0.15, 0.2) is 11.6 Å². The van der Waals surface area contributed by atoms with Crippen LogP contribution in [-0.2, 0) is 13.1 Å². The highest BCUT2D eigenvalue weighted by Gasteiger charge is 2.18. The van der Waals surface area contributed by atoms with E-state index in [0.29, 0.717) is 28.2 Å². The molecule has 9 heteroatoms. The number of carbonyl (C=O) groups is 1. The number of carbonyl (C=O) groups excluding carboxylic acids is 1. The van der Waals surface area contributed by atoms with Gasteiger partial charge in [-0.05, 0) is 55.8 Å². The van der Waals surface area contributed by atoms with E-state index in [1.165, 1.54) is 12.8 Å². The summed E-state index contributed by atoms with van der Waals surface area (Å²) in [5.41, 5.74) is 0.911. The Morgan fingerprint density at radius 1 is 1.03 bits per heavy atom. The lowest BCUT2D eigenvalue weighted by Gasteiger charge is -2.11. The Morgan fingerprint density at radius 2 is 1.83 bits per heavy atom. The third kappa shape index (κ3) is 4.95. The highest BCUT2D eigenvalue weighted by Crippen LogP contribution is 2.25. The fourth-order valence-electron chi connectivity index (χ4n) is 3.30. The van der Waals surface area contributed by atoms with Crippen molar-refractivity contribution in [1.82, 2.24) is 14.7 Å². The molecule has 1 aliphatic heterocycles. The van der Waals surface area contributed by atoms with Crippen molar-refractivity contribution in [3.8, 4) is 0 Å². The van der Waals surface area contributed by atoms with Crippen LogP contribution in [0, 0.1) is 0 Å². The number of rotatable bonds is 6. The number of hydrogen-bond donors (Lipinski definition) is 1. The number of aromatic nitrogens is 2. The van der Waals surface area contributed by atoms with E-state index >= 15 is 0 Å². The molecule has 152 valence electrons. The lowest BCUT2D eigenvalue weighted by atomic mass is 10.2. The van der Waals surface area contributed by atoms with Crippen LogP contribution in [0.15, 0.2) is 40.9 Å². The van der Waals surface area contributed by atoms with Gasteiger partial charge in [0.25, 0.3) is 5.91 Å². The predicted octanol–water partition coefficient (Wildman–Crippen LogP) is 5.33. The maximum Gasteiger partial charge on any atom is 0.292 e. The van der Waals surface area contributed by atoms with Crippen LogP contribution in [0.2, 0.25) is 15.1 Å². The fourth-order valence-corrected chi connectivity index (χ4v) is 3.82. The molecule has 4 rings (SSSR count). The molecule has 0 spiro atoms. The standard InChI is InChI=1S/C20H19Cl3N4O2/c21-15-5-3-13(9-16(15)22)10-27-12-17(23)19(25-27)24-20(28)18-6-4-14(29-18)11-26-7-1-2-8-26/h3-6,9,12H,1-2,7-8,10-11H2,(H,24,25,28). The van der Waals surface area contributed by atoms with Crippen LogP contribution >= 0.6 is 34.8 Å². The first-order chi connectivity index (χ1) is 14.0. The number of nitrogens with zero attached hydrogens (tertiary/aromatic N) is 3. The van der Waals surface area contributed by atoms with Crippen LogP contribution in [0.3, 0.4) is 0 Å². The molecule has 1 amide bonds. The number of halogens is 3. The van der Waals surface area contributed by atoms with Crippen LogP contribution in [0.4, 0.5) is 5.82 Å². The van der Waals surface area contributed by atoms with Gasteiger partial charge >= 0.3 is 0 Å². The van der Waals surface area contributed by atoms with Gasteiger partial charge in [0.1, 0.15) is 10.8 Å². The number of amides is 1. The number of nitrogens with one attached hydrogen (secondary N) is 1. The van der Waals surface area contributed by atoms with Gasteiger partial charge in [-0.3, -0.25) is 14.4 Å². The topological polar surface area (TPSA) is 63.3 Å². The third-order valence-electron chi connectivity index (χ3n) is 4.74. The van der Waals surface area contributed by atoms with Crippen molar-refractivity contribution in [2.75, 3.05) is 18.4 Å². The molecule has 2 aromatic heterocycles. The smallest absolute Gasteiger partial charge is 0.292 e. The second kappa shape index (κ2) is 8.79. The van der Waals surface area contributed by atoms with E-state index in [9.17, 15) is 4.79 Å². The van der Waals surface area contributed by atoms with Crippen molar-refractivity contribution >= 4 is 46.5 Å². The molecule has 3 heterocycles. The molecule has 1 aliphatic rings. The summed E-state index contributed by atoms with van der Waals surface area (Å²) in [7, 11) is 0. The maximum atomic E-state index is 12.5. The summed E-state index contributed by atoms with van der Waals surface area (Å²) in [6, 6.07) is 8.85. The molecule has 1 fully saturated rings. The van der Waals surface area contributed by atoms with Crippen LogP contribution in [0.25, 0.3) is 0 Å². The molecule has 0 atom stereocenters. The lowest BCUT2D eigenvalue weighted by molar-refractivity contribution is 0.0993. The number of anilines is 1. The highest BCUT2D eigenvalue weighted by atomic mass is 35.5. The van der Waals surface area contributed by atoms with E-state index in [2.05, 4.69) is 15.3 Å². The minimum Gasteiger partial charge on any atom is -0.455 e. The van der Waals surface area contributed by atoms with E-state index < -0.39 is 0 Å².